The minimum atomic E-state index is -0.617. The molecule has 0 fully saturated rings. The van der Waals surface area contributed by atoms with Crippen LogP contribution < -0.4 is 5.73 Å². The van der Waals surface area contributed by atoms with Gasteiger partial charge in [0.05, 0.1) is 7.11 Å². The summed E-state index contributed by atoms with van der Waals surface area (Å²) in [7, 11) is 1.34. The van der Waals surface area contributed by atoms with Gasteiger partial charge in [0.15, 0.2) is 0 Å². The highest BCUT2D eigenvalue weighted by atomic mass is 16.5. The Labute approximate surface area is 118 Å². The van der Waals surface area contributed by atoms with Gasteiger partial charge in [-0.25, -0.2) is 0 Å². The Bertz CT molecular complexity index is 594. The lowest BCUT2D eigenvalue weighted by molar-refractivity contribution is -0.142. The van der Waals surface area contributed by atoms with Crippen molar-refractivity contribution < 1.29 is 9.53 Å². The lowest BCUT2D eigenvalue weighted by Crippen LogP contribution is -2.33. The molecular formula is C16H18N2O2. The third-order valence-corrected chi connectivity index (χ3v) is 3.14. The van der Waals surface area contributed by atoms with Gasteiger partial charge in [-0.2, -0.15) is 0 Å². The number of esters is 1. The number of methoxy groups -OCH3 is 1. The van der Waals surface area contributed by atoms with E-state index in [2.05, 4.69) is 9.72 Å². The third-order valence-electron chi connectivity index (χ3n) is 3.14. The van der Waals surface area contributed by atoms with Crippen molar-refractivity contribution in [2.75, 3.05) is 7.11 Å². The number of nitrogens with zero attached hydrogens (tertiary/aromatic N) is 1. The van der Waals surface area contributed by atoms with Crippen LogP contribution in [0.1, 0.15) is 11.3 Å². The number of aryl methyl sites for hydroxylation is 1. The van der Waals surface area contributed by atoms with Crippen LogP contribution in [0.5, 0.6) is 0 Å². The van der Waals surface area contributed by atoms with Gasteiger partial charge in [0.25, 0.3) is 0 Å². The van der Waals surface area contributed by atoms with Gasteiger partial charge >= 0.3 is 5.97 Å². The number of aromatic nitrogens is 1. The molecule has 1 aromatic carbocycles. The summed E-state index contributed by atoms with van der Waals surface area (Å²) in [6.45, 7) is 1.97. The molecule has 2 rings (SSSR count). The molecule has 2 N–H and O–H groups in total. The van der Waals surface area contributed by atoms with Crippen LogP contribution in [-0.4, -0.2) is 24.1 Å². The number of ether oxygens (including phenoxy) is 1. The van der Waals surface area contributed by atoms with Gasteiger partial charge in [-0.15, -0.1) is 0 Å². The van der Waals surface area contributed by atoms with Crippen LogP contribution in [0.25, 0.3) is 11.1 Å². The molecule has 1 heterocycles. The second kappa shape index (κ2) is 6.30. The summed E-state index contributed by atoms with van der Waals surface area (Å²) in [6, 6.07) is 11.4. The van der Waals surface area contributed by atoms with Crippen LogP contribution in [0.4, 0.5) is 0 Å². The Kier molecular flexibility index (Phi) is 4.48. The number of carbonyl (C=O) groups excluding carboxylic acids is 1. The quantitative estimate of drug-likeness (QED) is 0.864. The first-order chi connectivity index (χ1) is 9.60. The lowest BCUT2D eigenvalue weighted by atomic mass is 10.0. The van der Waals surface area contributed by atoms with Gasteiger partial charge in [0.2, 0.25) is 0 Å². The fourth-order valence-electron chi connectivity index (χ4n) is 2.05. The number of benzene rings is 1. The zero-order valence-corrected chi connectivity index (χ0v) is 11.7. The molecule has 4 nitrogen and oxygen atoms in total. The summed E-state index contributed by atoms with van der Waals surface area (Å²) < 4.78 is 4.62. The first-order valence-corrected chi connectivity index (χ1v) is 6.45. The predicted octanol–water partition coefficient (Wildman–Crippen LogP) is 2.10. The minimum absolute atomic E-state index is 0.390. The number of carbonyl (C=O) groups is 1. The molecule has 0 amide bonds. The molecule has 0 radical (unpaired) electrons. The molecule has 0 spiro atoms. The van der Waals surface area contributed by atoms with E-state index in [9.17, 15) is 4.79 Å². The highest BCUT2D eigenvalue weighted by molar-refractivity contribution is 5.75. The van der Waals surface area contributed by atoms with E-state index in [1.807, 2.05) is 43.3 Å². The molecule has 2 aromatic rings. The summed E-state index contributed by atoms with van der Waals surface area (Å²) in [6.07, 6.45) is 2.27. The van der Waals surface area contributed by atoms with E-state index in [0.717, 1.165) is 22.4 Å². The third kappa shape index (κ3) is 3.42. The Morgan fingerprint density at radius 3 is 2.55 bits per heavy atom. The summed E-state index contributed by atoms with van der Waals surface area (Å²) in [5.74, 6) is -0.390. The van der Waals surface area contributed by atoms with Crippen LogP contribution in [-0.2, 0) is 16.0 Å². The largest absolute Gasteiger partial charge is 0.468 e. The molecule has 1 unspecified atom stereocenters. The molecule has 1 atom stereocenters. The Balaban J connectivity index is 2.12. The summed E-state index contributed by atoms with van der Waals surface area (Å²) >= 11 is 0. The second-order valence-corrected chi connectivity index (χ2v) is 4.72. The van der Waals surface area contributed by atoms with E-state index in [1.54, 1.807) is 6.20 Å². The molecule has 0 bridgehead atoms. The fraction of sp³-hybridized carbons (Fsp3) is 0.250. The normalized spacial score (nSPS) is 11.9. The van der Waals surface area contributed by atoms with Crippen molar-refractivity contribution in [2.24, 2.45) is 5.73 Å². The van der Waals surface area contributed by atoms with Crippen molar-refractivity contribution in [1.29, 1.82) is 0 Å². The van der Waals surface area contributed by atoms with Gasteiger partial charge in [-0.1, -0.05) is 24.3 Å². The predicted molar refractivity (Wildman–Crippen MR) is 78.1 cm³/mol. The van der Waals surface area contributed by atoms with Gasteiger partial charge in [-0.3, -0.25) is 9.78 Å². The fourth-order valence-corrected chi connectivity index (χ4v) is 2.05. The van der Waals surface area contributed by atoms with Crippen molar-refractivity contribution in [1.82, 2.24) is 4.98 Å². The summed E-state index contributed by atoms with van der Waals surface area (Å²) in [4.78, 5) is 15.5. The molecule has 0 aliphatic carbocycles. The first-order valence-electron chi connectivity index (χ1n) is 6.45. The van der Waals surface area contributed by atoms with E-state index < -0.39 is 6.04 Å². The van der Waals surface area contributed by atoms with Crippen LogP contribution in [0.3, 0.4) is 0 Å². The molecule has 1 aromatic heterocycles. The van der Waals surface area contributed by atoms with Gasteiger partial charge < -0.3 is 10.5 Å². The molecule has 104 valence electrons. The first kappa shape index (κ1) is 14.2. The van der Waals surface area contributed by atoms with Crippen LogP contribution in [0.2, 0.25) is 0 Å². The van der Waals surface area contributed by atoms with Gasteiger partial charge in [0, 0.05) is 11.9 Å². The Morgan fingerprint density at radius 1 is 1.25 bits per heavy atom. The zero-order valence-electron chi connectivity index (χ0n) is 11.7. The number of pyridine rings is 1. The SMILES string of the molecule is COC(=O)C(N)Cc1ccc(-c2ccnc(C)c2)cc1. The molecular weight excluding hydrogens is 252 g/mol. The number of hydrogen-bond donors (Lipinski definition) is 1. The van der Waals surface area contributed by atoms with Crippen LogP contribution in [0, 0.1) is 6.92 Å². The van der Waals surface area contributed by atoms with Crippen molar-refractivity contribution in [3.63, 3.8) is 0 Å². The van der Waals surface area contributed by atoms with Crippen molar-refractivity contribution in [2.45, 2.75) is 19.4 Å². The molecule has 0 saturated heterocycles. The van der Waals surface area contributed by atoms with E-state index in [0.29, 0.717) is 6.42 Å². The second-order valence-electron chi connectivity index (χ2n) is 4.72. The number of rotatable bonds is 4. The molecule has 20 heavy (non-hydrogen) atoms. The average molecular weight is 270 g/mol. The van der Waals surface area contributed by atoms with E-state index in [1.165, 1.54) is 7.11 Å². The van der Waals surface area contributed by atoms with E-state index in [4.69, 9.17) is 5.73 Å². The van der Waals surface area contributed by atoms with Crippen molar-refractivity contribution >= 4 is 5.97 Å². The van der Waals surface area contributed by atoms with Gasteiger partial charge in [-0.05, 0) is 42.2 Å². The average Bonchev–Trinajstić information content (AvgIpc) is 2.47. The molecule has 0 aliphatic rings. The topological polar surface area (TPSA) is 65.2 Å². The highest BCUT2D eigenvalue weighted by Gasteiger charge is 2.14. The maximum absolute atomic E-state index is 11.3. The molecule has 0 aliphatic heterocycles. The smallest absolute Gasteiger partial charge is 0.322 e. The lowest BCUT2D eigenvalue weighted by Gasteiger charge is -2.10. The molecule has 4 heteroatoms. The van der Waals surface area contributed by atoms with Crippen LogP contribution in [0.15, 0.2) is 42.6 Å². The van der Waals surface area contributed by atoms with E-state index >= 15 is 0 Å². The molecule has 0 saturated carbocycles. The number of hydrogen-bond acceptors (Lipinski definition) is 4. The monoisotopic (exact) mass is 270 g/mol. The van der Waals surface area contributed by atoms with Gasteiger partial charge in [0.1, 0.15) is 6.04 Å². The summed E-state index contributed by atoms with van der Waals surface area (Å²) in [5.41, 5.74) is 9.99. The standard InChI is InChI=1S/C16H18N2O2/c1-11-9-14(7-8-18-11)13-5-3-12(4-6-13)10-15(17)16(19)20-2/h3-9,15H,10,17H2,1-2H3. The maximum atomic E-state index is 11.3. The summed E-state index contributed by atoms with van der Waals surface area (Å²) in [5, 5.41) is 0. The van der Waals surface area contributed by atoms with E-state index in [-0.39, 0.29) is 5.97 Å². The van der Waals surface area contributed by atoms with Crippen molar-refractivity contribution in [3.8, 4) is 11.1 Å². The van der Waals surface area contributed by atoms with Crippen molar-refractivity contribution in [3.05, 3.63) is 53.9 Å². The van der Waals surface area contributed by atoms with Crippen LogP contribution >= 0.6 is 0 Å². The Hall–Kier alpha value is -2.20. The minimum Gasteiger partial charge on any atom is -0.468 e. The number of nitrogens with two attached hydrogens (primary N) is 1. The zero-order chi connectivity index (χ0) is 14.5. The highest BCUT2D eigenvalue weighted by Crippen LogP contribution is 2.20. The maximum Gasteiger partial charge on any atom is 0.322 e. The Morgan fingerprint density at radius 2 is 1.95 bits per heavy atom.